The van der Waals surface area contributed by atoms with Crippen molar-refractivity contribution in [1.29, 1.82) is 0 Å². The number of hydrogen-bond acceptors (Lipinski definition) is 7. The second-order valence-electron chi connectivity index (χ2n) is 9.01. The van der Waals surface area contributed by atoms with Gasteiger partial charge in [0, 0.05) is 23.6 Å². The Hall–Kier alpha value is -4.73. The summed E-state index contributed by atoms with van der Waals surface area (Å²) in [5, 5.41) is 12.3. The smallest absolute Gasteiger partial charge is 0.407 e. The van der Waals surface area contributed by atoms with Gasteiger partial charge in [-0.15, -0.1) is 0 Å². The zero-order chi connectivity index (χ0) is 28.1. The number of amides is 2. The number of methoxy groups -OCH3 is 3. The number of ether oxygens (including phenoxy) is 4. The number of carboxylic acids is 1. The number of carbonyl (C=O) groups excluding carboxylic acids is 2. The van der Waals surface area contributed by atoms with E-state index >= 15 is 0 Å². The van der Waals surface area contributed by atoms with Crippen molar-refractivity contribution < 1.29 is 38.4 Å². The van der Waals surface area contributed by atoms with Crippen LogP contribution in [0.15, 0.2) is 60.7 Å². The van der Waals surface area contributed by atoms with Crippen molar-refractivity contribution in [3.63, 3.8) is 0 Å². The van der Waals surface area contributed by atoms with E-state index in [0.717, 1.165) is 22.3 Å². The maximum absolute atomic E-state index is 12.8. The van der Waals surface area contributed by atoms with Crippen LogP contribution in [0, 0.1) is 5.92 Å². The number of carbonyl (C=O) groups is 3. The number of rotatable bonds is 11. The minimum Gasteiger partial charge on any atom is -0.496 e. The SMILES string of the molecule is COc1cc(OC)c(CC(C(N)=O)[C@H](NC(=O)OCC2c3ccccc3-c3ccccc32)C(=O)O)c(OC)c1. The molecule has 0 aliphatic heterocycles. The molecule has 10 heteroatoms. The molecule has 0 saturated carbocycles. The van der Waals surface area contributed by atoms with Crippen LogP contribution < -0.4 is 25.3 Å². The number of benzene rings is 3. The Labute approximate surface area is 225 Å². The molecule has 4 rings (SSSR count). The van der Waals surface area contributed by atoms with Crippen LogP contribution in [0.4, 0.5) is 4.79 Å². The van der Waals surface area contributed by atoms with Crippen LogP contribution in [0.25, 0.3) is 11.1 Å². The van der Waals surface area contributed by atoms with Gasteiger partial charge in [0.25, 0.3) is 0 Å². The molecule has 3 aromatic rings. The van der Waals surface area contributed by atoms with Crippen molar-refractivity contribution in [2.75, 3.05) is 27.9 Å². The first-order valence-corrected chi connectivity index (χ1v) is 12.2. The number of nitrogens with one attached hydrogen (secondary N) is 1. The van der Waals surface area contributed by atoms with Crippen LogP contribution >= 0.6 is 0 Å². The van der Waals surface area contributed by atoms with Gasteiger partial charge < -0.3 is 35.1 Å². The third-order valence-corrected chi connectivity index (χ3v) is 6.89. The normalized spacial score (nSPS) is 13.4. The van der Waals surface area contributed by atoms with E-state index in [1.807, 2.05) is 48.5 Å². The lowest BCUT2D eigenvalue weighted by Crippen LogP contribution is -2.51. The number of fused-ring (bicyclic) bond motifs is 3. The molecular formula is C29H30N2O8. The zero-order valence-electron chi connectivity index (χ0n) is 21.8. The Morgan fingerprint density at radius 3 is 1.90 bits per heavy atom. The Kier molecular flexibility index (Phi) is 8.24. The summed E-state index contributed by atoms with van der Waals surface area (Å²) in [5.41, 5.74) is 10.1. The highest BCUT2D eigenvalue weighted by atomic mass is 16.5. The van der Waals surface area contributed by atoms with Gasteiger partial charge in [-0.05, 0) is 28.7 Å². The van der Waals surface area contributed by atoms with Gasteiger partial charge in [-0.1, -0.05) is 48.5 Å². The monoisotopic (exact) mass is 534 g/mol. The molecule has 39 heavy (non-hydrogen) atoms. The van der Waals surface area contributed by atoms with E-state index in [2.05, 4.69) is 5.32 Å². The van der Waals surface area contributed by atoms with Gasteiger partial charge in [0.05, 0.1) is 27.2 Å². The van der Waals surface area contributed by atoms with Crippen molar-refractivity contribution in [3.8, 4) is 28.4 Å². The molecule has 10 nitrogen and oxygen atoms in total. The predicted molar refractivity (Wildman–Crippen MR) is 142 cm³/mol. The molecule has 2 atom stereocenters. The molecule has 0 heterocycles. The summed E-state index contributed by atoms with van der Waals surface area (Å²) in [6.07, 6.45) is -1.17. The second-order valence-corrected chi connectivity index (χ2v) is 9.01. The molecule has 2 amide bonds. The number of aliphatic carboxylic acids is 1. The summed E-state index contributed by atoms with van der Waals surface area (Å²) >= 11 is 0. The summed E-state index contributed by atoms with van der Waals surface area (Å²) in [4.78, 5) is 37.5. The van der Waals surface area contributed by atoms with Crippen LogP contribution in [0.2, 0.25) is 0 Å². The van der Waals surface area contributed by atoms with Gasteiger partial charge in [-0.3, -0.25) is 4.79 Å². The van der Waals surface area contributed by atoms with Crippen molar-refractivity contribution in [2.45, 2.75) is 18.4 Å². The number of nitrogens with two attached hydrogens (primary N) is 1. The van der Waals surface area contributed by atoms with E-state index in [9.17, 15) is 19.5 Å². The first-order valence-electron chi connectivity index (χ1n) is 12.2. The molecule has 0 saturated heterocycles. The first kappa shape index (κ1) is 27.3. The fraction of sp³-hybridized carbons (Fsp3) is 0.276. The summed E-state index contributed by atoms with van der Waals surface area (Å²) in [7, 11) is 4.31. The van der Waals surface area contributed by atoms with E-state index in [1.165, 1.54) is 21.3 Å². The summed E-state index contributed by atoms with van der Waals surface area (Å²) in [6.45, 7) is -0.0203. The van der Waals surface area contributed by atoms with Crippen molar-refractivity contribution in [1.82, 2.24) is 5.32 Å². The molecule has 0 fully saturated rings. The maximum atomic E-state index is 12.8. The zero-order valence-corrected chi connectivity index (χ0v) is 21.8. The van der Waals surface area contributed by atoms with Crippen LogP contribution in [0.1, 0.15) is 22.6 Å². The van der Waals surface area contributed by atoms with Crippen LogP contribution in [0.5, 0.6) is 17.2 Å². The highest BCUT2D eigenvalue weighted by Gasteiger charge is 2.37. The van der Waals surface area contributed by atoms with Crippen LogP contribution in [-0.4, -0.2) is 57.1 Å². The lowest BCUT2D eigenvalue weighted by atomic mass is 9.90. The molecule has 1 aliphatic rings. The van der Waals surface area contributed by atoms with Gasteiger partial charge in [0.15, 0.2) is 0 Å². The third kappa shape index (κ3) is 5.59. The average molecular weight is 535 g/mol. The molecule has 0 spiro atoms. The molecular weight excluding hydrogens is 504 g/mol. The second kappa shape index (κ2) is 11.8. The quantitative estimate of drug-likeness (QED) is 0.339. The highest BCUT2D eigenvalue weighted by molar-refractivity contribution is 5.89. The van der Waals surface area contributed by atoms with E-state index in [1.54, 1.807) is 12.1 Å². The van der Waals surface area contributed by atoms with Crippen LogP contribution in [-0.2, 0) is 20.7 Å². The van der Waals surface area contributed by atoms with Crippen molar-refractivity contribution in [3.05, 3.63) is 77.4 Å². The van der Waals surface area contributed by atoms with Crippen LogP contribution in [0.3, 0.4) is 0 Å². The van der Waals surface area contributed by atoms with Gasteiger partial charge in [-0.2, -0.15) is 0 Å². The summed E-state index contributed by atoms with van der Waals surface area (Å²) in [5.74, 6) is -2.88. The highest BCUT2D eigenvalue weighted by Crippen LogP contribution is 2.44. The fourth-order valence-corrected chi connectivity index (χ4v) is 4.98. The Bertz CT molecular complexity index is 1320. The Balaban J connectivity index is 1.53. The number of alkyl carbamates (subject to hydrolysis) is 1. The molecule has 0 radical (unpaired) electrons. The van der Waals surface area contributed by atoms with Crippen molar-refractivity contribution >= 4 is 18.0 Å². The molecule has 0 bridgehead atoms. The van der Waals surface area contributed by atoms with Gasteiger partial charge in [0.1, 0.15) is 29.9 Å². The largest absolute Gasteiger partial charge is 0.496 e. The molecule has 0 aromatic heterocycles. The number of carboxylic acid groups (broad SMARTS) is 1. The molecule has 204 valence electrons. The minimum absolute atomic E-state index is 0.0203. The average Bonchev–Trinajstić information content (AvgIpc) is 3.26. The first-order chi connectivity index (χ1) is 18.8. The van der Waals surface area contributed by atoms with E-state index < -0.39 is 29.9 Å². The number of hydrogen-bond donors (Lipinski definition) is 3. The Morgan fingerprint density at radius 1 is 0.897 bits per heavy atom. The van der Waals surface area contributed by atoms with Crippen molar-refractivity contribution in [2.24, 2.45) is 11.7 Å². The molecule has 3 aromatic carbocycles. The molecule has 1 unspecified atom stereocenters. The van der Waals surface area contributed by atoms with Gasteiger partial charge >= 0.3 is 12.1 Å². The van der Waals surface area contributed by atoms with E-state index in [4.69, 9.17) is 24.7 Å². The number of primary amides is 1. The summed E-state index contributed by atoms with van der Waals surface area (Å²) < 4.78 is 21.6. The minimum atomic E-state index is -1.67. The lowest BCUT2D eigenvalue weighted by Gasteiger charge is -2.24. The Morgan fingerprint density at radius 2 is 1.44 bits per heavy atom. The summed E-state index contributed by atoms with van der Waals surface area (Å²) in [6, 6.07) is 17.2. The maximum Gasteiger partial charge on any atom is 0.407 e. The molecule has 4 N–H and O–H groups in total. The van der Waals surface area contributed by atoms with Gasteiger partial charge in [-0.25, -0.2) is 9.59 Å². The molecule has 1 aliphatic carbocycles. The topological polar surface area (TPSA) is 146 Å². The van der Waals surface area contributed by atoms with E-state index in [-0.39, 0.29) is 18.9 Å². The van der Waals surface area contributed by atoms with Gasteiger partial charge in [0.2, 0.25) is 5.91 Å². The fourth-order valence-electron chi connectivity index (χ4n) is 4.98. The predicted octanol–water partition coefficient (Wildman–Crippen LogP) is 3.35. The van der Waals surface area contributed by atoms with E-state index in [0.29, 0.717) is 22.8 Å². The standard InChI is InChI=1S/C29H30N2O8/c1-36-16-12-24(37-2)21(25(13-16)38-3)14-22(27(30)32)26(28(33)34)31-29(35)39-15-23-19-10-6-4-8-17(19)18-9-5-7-11-20(18)23/h4-13,22-23,26H,14-15H2,1-3H3,(H2,30,32)(H,31,35)(H,33,34)/t22?,26-/m0/s1. The third-order valence-electron chi connectivity index (χ3n) is 6.89. The lowest BCUT2D eigenvalue weighted by molar-refractivity contribution is -0.143.